The Balaban J connectivity index is 1.24. The van der Waals surface area contributed by atoms with Gasteiger partial charge in [0.2, 0.25) is 0 Å². The number of rotatable bonds is 1. The molecule has 0 bridgehead atoms. The van der Waals surface area contributed by atoms with Crippen molar-refractivity contribution in [2.45, 2.75) is 90.9 Å². The summed E-state index contributed by atoms with van der Waals surface area (Å²) in [7, 11) is 0. The van der Waals surface area contributed by atoms with Crippen molar-refractivity contribution in [3.63, 3.8) is 0 Å². The van der Waals surface area contributed by atoms with Gasteiger partial charge in [-0.05, 0) is 131 Å². The van der Waals surface area contributed by atoms with Gasteiger partial charge >= 0.3 is 6.85 Å². The number of aromatic nitrogens is 1. The molecule has 66 heavy (non-hydrogen) atoms. The Hall–Kier alpha value is -6.36. The van der Waals surface area contributed by atoms with Crippen molar-refractivity contribution >= 4 is 82.5 Å². The van der Waals surface area contributed by atoms with Crippen LogP contribution >= 0.6 is 11.3 Å². The normalized spacial score (nSPS) is 15.9. The Morgan fingerprint density at radius 1 is 0.500 bits per heavy atom. The molecule has 2 aromatic heterocycles. The highest BCUT2D eigenvalue weighted by Crippen LogP contribution is 2.60. The fourth-order valence-electron chi connectivity index (χ4n) is 13.1. The van der Waals surface area contributed by atoms with E-state index in [9.17, 15) is 0 Å². The maximum Gasteiger partial charge on any atom is 0.333 e. The fraction of sp³-hybridized carbons (Fsp3) is 0.226. The van der Waals surface area contributed by atoms with Gasteiger partial charge in [-0.25, -0.2) is 0 Å². The minimum atomic E-state index is -0.253. The van der Waals surface area contributed by atoms with Crippen LogP contribution in [0.1, 0.15) is 103 Å². The molecule has 0 saturated carbocycles. The zero-order chi connectivity index (χ0) is 45.1. The minimum Gasteiger partial charge on any atom is -0.376 e. The molecule has 320 valence electrons. The van der Waals surface area contributed by atoms with E-state index in [1.54, 1.807) is 0 Å². The molecule has 0 saturated heterocycles. The average molecular weight is 869 g/mol. The van der Waals surface area contributed by atoms with Crippen molar-refractivity contribution < 1.29 is 0 Å². The Labute approximate surface area is 392 Å². The monoisotopic (exact) mass is 868 g/mol. The zero-order valence-electron chi connectivity index (χ0n) is 39.7. The third-order valence-corrected chi connectivity index (χ3v) is 17.6. The second kappa shape index (κ2) is 12.3. The first kappa shape index (κ1) is 38.9. The zero-order valence-corrected chi connectivity index (χ0v) is 40.5. The number of fused-ring (bicyclic) bond motifs is 19. The van der Waals surface area contributed by atoms with Gasteiger partial charge < -0.3 is 9.38 Å². The Morgan fingerprint density at radius 3 is 1.91 bits per heavy atom. The molecule has 14 rings (SSSR count). The van der Waals surface area contributed by atoms with Gasteiger partial charge in [-0.3, -0.25) is 0 Å². The van der Waals surface area contributed by atoms with Crippen LogP contribution in [0.5, 0.6) is 0 Å². The van der Waals surface area contributed by atoms with E-state index in [0.717, 1.165) is 0 Å². The molecule has 0 fully saturated rings. The molecular formula is C62H53BN2S. The Bertz CT molecular complexity index is 3840. The van der Waals surface area contributed by atoms with Crippen LogP contribution in [-0.4, -0.2) is 11.4 Å². The number of nitrogens with zero attached hydrogens (tertiary/aromatic N) is 2. The van der Waals surface area contributed by atoms with E-state index in [2.05, 4.69) is 218 Å². The highest BCUT2D eigenvalue weighted by Gasteiger charge is 2.51. The molecule has 0 atom stereocenters. The van der Waals surface area contributed by atoms with E-state index >= 15 is 0 Å². The van der Waals surface area contributed by atoms with Gasteiger partial charge in [-0.15, -0.1) is 11.3 Å². The second-order valence-electron chi connectivity index (χ2n) is 22.9. The first-order valence-corrected chi connectivity index (χ1v) is 24.8. The standard InChI is InChI=1S/C62H53BN2S/c1-59(2,3)34-23-26-36(27-24-34)65-49-31-41-38-18-13-16-22-51(38)66-52(41)32-43(49)55-56-53(39-19-12-15-21-45(39)62(56,9)10)54-42-29-35(60(4,5)6)25-28-48(42)64-50-33-46-40(30-47(50)63(65)57(55)58(54)64)37-17-11-14-20-44(37)61(46,7)8/h11-33H,1-10H3. The molecule has 0 N–H and O–H groups in total. The summed E-state index contributed by atoms with van der Waals surface area (Å²) in [4.78, 5) is 2.76. The van der Waals surface area contributed by atoms with Crippen molar-refractivity contribution in [3.05, 3.63) is 173 Å². The Kier molecular flexibility index (Phi) is 7.27. The summed E-state index contributed by atoms with van der Waals surface area (Å²) in [5, 5.41) is 5.42. The maximum atomic E-state index is 2.76. The predicted octanol–water partition coefficient (Wildman–Crippen LogP) is 15.6. The molecule has 4 heterocycles. The van der Waals surface area contributed by atoms with Crippen LogP contribution < -0.4 is 15.7 Å². The van der Waals surface area contributed by atoms with Crippen LogP contribution in [0.2, 0.25) is 0 Å². The largest absolute Gasteiger partial charge is 0.376 e. The summed E-state index contributed by atoms with van der Waals surface area (Å²) in [6, 6.07) is 55.0. The van der Waals surface area contributed by atoms with Crippen molar-refractivity contribution in [1.82, 2.24) is 4.57 Å². The first-order valence-electron chi connectivity index (χ1n) is 24.0. The molecule has 4 aliphatic rings. The molecule has 0 spiro atoms. The van der Waals surface area contributed by atoms with Crippen LogP contribution in [-0.2, 0) is 21.7 Å². The predicted molar refractivity (Wildman–Crippen MR) is 285 cm³/mol. The maximum absolute atomic E-state index is 2.76. The van der Waals surface area contributed by atoms with Crippen LogP contribution in [0.25, 0.3) is 81.0 Å². The molecule has 2 aliphatic carbocycles. The van der Waals surface area contributed by atoms with Crippen molar-refractivity contribution in [1.29, 1.82) is 0 Å². The van der Waals surface area contributed by atoms with Gasteiger partial charge in [0, 0.05) is 64.4 Å². The van der Waals surface area contributed by atoms with Gasteiger partial charge in [0.15, 0.2) is 0 Å². The van der Waals surface area contributed by atoms with Crippen LogP contribution in [0.3, 0.4) is 0 Å². The van der Waals surface area contributed by atoms with E-state index in [-0.39, 0.29) is 28.5 Å². The molecule has 0 unspecified atom stereocenters. The van der Waals surface area contributed by atoms with Crippen LogP contribution in [0.4, 0.5) is 11.4 Å². The van der Waals surface area contributed by atoms with Crippen LogP contribution in [0, 0.1) is 0 Å². The Morgan fingerprint density at radius 2 is 1.17 bits per heavy atom. The smallest absolute Gasteiger partial charge is 0.333 e. The lowest BCUT2D eigenvalue weighted by Crippen LogP contribution is -2.61. The molecule has 8 aromatic carbocycles. The molecule has 2 aliphatic heterocycles. The van der Waals surface area contributed by atoms with E-state index in [1.165, 1.54) is 137 Å². The summed E-state index contributed by atoms with van der Waals surface area (Å²) in [5.41, 5.74) is 25.6. The first-order chi connectivity index (χ1) is 31.5. The molecule has 10 aromatic rings. The lowest BCUT2D eigenvalue weighted by atomic mass is 9.43. The van der Waals surface area contributed by atoms with Crippen LogP contribution in [0.15, 0.2) is 140 Å². The van der Waals surface area contributed by atoms with E-state index in [1.807, 2.05) is 11.3 Å². The number of benzene rings is 8. The molecule has 0 amide bonds. The van der Waals surface area contributed by atoms with Crippen molar-refractivity contribution in [2.75, 3.05) is 4.81 Å². The topological polar surface area (TPSA) is 8.17 Å². The number of hydrogen-bond acceptors (Lipinski definition) is 2. The molecular weight excluding hydrogens is 816 g/mol. The van der Waals surface area contributed by atoms with Crippen molar-refractivity contribution in [3.8, 4) is 39.1 Å². The van der Waals surface area contributed by atoms with E-state index in [0.29, 0.717) is 0 Å². The quantitative estimate of drug-likeness (QED) is 0.149. The van der Waals surface area contributed by atoms with Gasteiger partial charge in [-0.2, -0.15) is 0 Å². The SMILES string of the molecule is CC(C)(C)c1ccc(N2B3c4cc5c(cc4-n4c6ccc(C(C)(C)C)cc6c6c7c(c(c3c64)-c3cc4sc6ccccc6c4cc32)C(C)(C)c2ccccc2-7)C(C)(C)c2ccccc2-5)cc1. The molecule has 0 radical (unpaired) electrons. The summed E-state index contributed by atoms with van der Waals surface area (Å²) >= 11 is 1.93. The van der Waals surface area contributed by atoms with Gasteiger partial charge in [0.25, 0.3) is 0 Å². The summed E-state index contributed by atoms with van der Waals surface area (Å²) in [5.74, 6) is 0. The third-order valence-electron chi connectivity index (χ3n) is 16.4. The number of hydrogen-bond donors (Lipinski definition) is 0. The summed E-state index contributed by atoms with van der Waals surface area (Å²) < 4.78 is 5.40. The van der Waals surface area contributed by atoms with E-state index < -0.39 is 0 Å². The lowest BCUT2D eigenvalue weighted by molar-refractivity contribution is 0.590. The molecule has 2 nitrogen and oxygen atoms in total. The highest BCUT2D eigenvalue weighted by molar-refractivity contribution is 7.25. The molecule has 4 heteroatoms. The van der Waals surface area contributed by atoms with E-state index in [4.69, 9.17) is 0 Å². The summed E-state index contributed by atoms with van der Waals surface area (Å²) in [6.07, 6.45) is 0. The number of anilines is 2. The second-order valence-corrected chi connectivity index (χ2v) is 24.0. The minimum absolute atomic E-state index is 0.0149. The average Bonchev–Trinajstić information content (AvgIpc) is 3.97. The van der Waals surface area contributed by atoms with Gasteiger partial charge in [0.1, 0.15) is 0 Å². The van der Waals surface area contributed by atoms with Gasteiger partial charge in [-0.1, -0.05) is 160 Å². The summed E-state index contributed by atoms with van der Waals surface area (Å²) in [6.45, 7) is 23.8. The van der Waals surface area contributed by atoms with Crippen molar-refractivity contribution in [2.24, 2.45) is 0 Å². The lowest BCUT2D eigenvalue weighted by Gasteiger charge is -2.44. The number of thiophene rings is 1. The van der Waals surface area contributed by atoms with Gasteiger partial charge in [0.05, 0.1) is 11.0 Å². The third kappa shape index (κ3) is 4.73. The fourth-order valence-corrected chi connectivity index (χ4v) is 14.3. The highest BCUT2D eigenvalue weighted by atomic mass is 32.1.